The van der Waals surface area contributed by atoms with Crippen LogP contribution in [0.2, 0.25) is 0 Å². The van der Waals surface area contributed by atoms with Crippen molar-refractivity contribution in [1.82, 2.24) is 0 Å². The van der Waals surface area contributed by atoms with Gasteiger partial charge in [0.15, 0.2) is 0 Å². The number of thiophene rings is 1. The van der Waals surface area contributed by atoms with Crippen LogP contribution in [0.25, 0.3) is 85.5 Å². The van der Waals surface area contributed by atoms with Gasteiger partial charge in [-0.05, 0) is 120 Å². The first-order valence-electron chi connectivity index (χ1n) is 18.5. The van der Waals surface area contributed by atoms with Gasteiger partial charge in [-0.3, -0.25) is 0 Å². The lowest BCUT2D eigenvalue weighted by Gasteiger charge is -2.27. The molecule has 0 bridgehead atoms. The van der Waals surface area contributed by atoms with Gasteiger partial charge in [-0.25, -0.2) is 0 Å². The van der Waals surface area contributed by atoms with E-state index in [-0.39, 0.29) is 0 Å². The Morgan fingerprint density at radius 1 is 0.315 bits per heavy atom. The maximum atomic E-state index is 2.45. The third-order valence-electron chi connectivity index (χ3n) is 11.0. The minimum Gasteiger partial charge on any atom is -0.310 e. The third kappa shape index (κ3) is 4.99. The minimum atomic E-state index is 1.12. The highest BCUT2D eigenvalue weighted by atomic mass is 32.1. The fourth-order valence-electron chi connectivity index (χ4n) is 8.46. The van der Waals surface area contributed by atoms with Crippen molar-refractivity contribution in [2.75, 3.05) is 4.90 Å². The molecule has 0 fully saturated rings. The van der Waals surface area contributed by atoms with Crippen molar-refractivity contribution in [2.24, 2.45) is 0 Å². The topological polar surface area (TPSA) is 3.24 Å². The first-order valence-corrected chi connectivity index (χ1v) is 19.3. The summed E-state index contributed by atoms with van der Waals surface area (Å²) in [5.74, 6) is 0. The predicted octanol–water partition coefficient (Wildman–Crippen LogP) is 15.5. The van der Waals surface area contributed by atoms with Gasteiger partial charge in [0.05, 0.1) is 5.69 Å². The van der Waals surface area contributed by atoms with Crippen molar-refractivity contribution < 1.29 is 0 Å². The molecule has 0 saturated heterocycles. The average Bonchev–Trinajstić information content (AvgIpc) is 3.61. The zero-order valence-corrected chi connectivity index (χ0v) is 30.2. The van der Waals surface area contributed by atoms with Gasteiger partial charge in [-0.1, -0.05) is 146 Å². The second-order valence-corrected chi connectivity index (χ2v) is 15.2. The number of hydrogen-bond acceptors (Lipinski definition) is 2. The fraction of sp³-hybridized carbons (Fsp3) is 0. The van der Waals surface area contributed by atoms with Gasteiger partial charge in [0.25, 0.3) is 0 Å². The Kier molecular flexibility index (Phi) is 7.11. The molecule has 1 aromatic heterocycles. The molecule has 10 aromatic carbocycles. The van der Waals surface area contributed by atoms with Crippen LogP contribution >= 0.6 is 11.3 Å². The average molecular weight is 704 g/mol. The van der Waals surface area contributed by atoms with E-state index in [1.807, 2.05) is 11.3 Å². The Hall–Kier alpha value is -6.74. The van der Waals surface area contributed by atoms with Crippen molar-refractivity contribution in [3.05, 3.63) is 200 Å². The van der Waals surface area contributed by atoms with Crippen LogP contribution in [0, 0.1) is 0 Å². The van der Waals surface area contributed by atoms with Crippen molar-refractivity contribution in [2.45, 2.75) is 0 Å². The third-order valence-corrected chi connectivity index (χ3v) is 12.1. The minimum absolute atomic E-state index is 1.12. The number of nitrogens with zero attached hydrogens (tertiary/aromatic N) is 1. The molecule has 1 nitrogen and oxygen atoms in total. The molecular formula is C52H33NS. The van der Waals surface area contributed by atoms with E-state index in [2.05, 4.69) is 205 Å². The summed E-state index contributed by atoms with van der Waals surface area (Å²) in [5.41, 5.74) is 8.36. The van der Waals surface area contributed by atoms with Crippen LogP contribution < -0.4 is 4.90 Å². The molecule has 0 unspecified atom stereocenters. The quantitative estimate of drug-likeness (QED) is 0.161. The zero-order chi connectivity index (χ0) is 35.6. The van der Waals surface area contributed by atoms with Crippen molar-refractivity contribution in [1.29, 1.82) is 0 Å². The van der Waals surface area contributed by atoms with Crippen molar-refractivity contribution >= 4 is 91.7 Å². The smallest absolute Gasteiger partial charge is 0.0554 e. The standard InChI is InChI=1S/C52H33NS/c1-2-12-34(13-3-1)35-24-26-40(27-25-35)53(49-22-11-23-50-52(49)48-31-36-14-4-5-15-37(36)33-51(48)54-50)41-28-29-43-38(30-41)17-10-21-45(43)47-32-39-16-6-7-18-42(39)44-19-8-9-20-46(44)47/h1-33H. The van der Waals surface area contributed by atoms with Crippen LogP contribution in [0.4, 0.5) is 17.1 Å². The van der Waals surface area contributed by atoms with Gasteiger partial charge in [-0.15, -0.1) is 11.3 Å². The van der Waals surface area contributed by atoms with Gasteiger partial charge < -0.3 is 4.90 Å². The van der Waals surface area contributed by atoms with Gasteiger partial charge >= 0.3 is 0 Å². The van der Waals surface area contributed by atoms with E-state index in [0.29, 0.717) is 0 Å². The van der Waals surface area contributed by atoms with Crippen LogP contribution in [-0.4, -0.2) is 0 Å². The number of rotatable bonds is 5. The zero-order valence-electron chi connectivity index (χ0n) is 29.4. The molecule has 0 N–H and O–H groups in total. The van der Waals surface area contributed by atoms with Gasteiger partial charge in [0.1, 0.15) is 0 Å². The highest BCUT2D eigenvalue weighted by molar-refractivity contribution is 7.26. The monoisotopic (exact) mass is 703 g/mol. The first-order chi connectivity index (χ1) is 26.8. The van der Waals surface area contributed by atoms with E-state index in [4.69, 9.17) is 0 Å². The summed E-state index contributed by atoms with van der Waals surface area (Å²) >= 11 is 1.88. The van der Waals surface area contributed by atoms with Crippen LogP contribution in [0.3, 0.4) is 0 Å². The fourth-order valence-corrected chi connectivity index (χ4v) is 9.62. The molecule has 2 heteroatoms. The Morgan fingerprint density at radius 2 is 0.944 bits per heavy atom. The summed E-state index contributed by atoms with van der Waals surface area (Å²) in [6.45, 7) is 0. The molecular weight excluding hydrogens is 671 g/mol. The maximum Gasteiger partial charge on any atom is 0.0554 e. The number of benzene rings is 10. The Morgan fingerprint density at radius 3 is 1.78 bits per heavy atom. The summed E-state index contributed by atoms with van der Waals surface area (Å²) in [4.78, 5) is 2.45. The van der Waals surface area contributed by atoms with E-state index in [0.717, 1.165) is 11.4 Å². The number of fused-ring (bicyclic) bond motifs is 8. The predicted molar refractivity (Wildman–Crippen MR) is 235 cm³/mol. The molecule has 0 aliphatic heterocycles. The summed E-state index contributed by atoms with van der Waals surface area (Å²) in [6, 6.07) is 73.5. The van der Waals surface area contributed by atoms with Crippen LogP contribution in [-0.2, 0) is 0 Å². The molecule has 0 saturated carbocycles. The molecule has 0 aliphatic rings. The lowest BCUT2D eigenvalue weighted by Crippen LogP contribution is -2.10. The summed E-state index contributed by atoms with van der Waals surface area (Å²) in [6.07, 6.45) is 0. The highest BCUT2D eigenvalue weighted by Crippen LogP contribution is 2.47. The molecule has 252 valence electrons. The van der Waals surface area contributed by atoms with Crippen LogP contribution in [0.1, 0.15) is 0 Å². The maximum absolute atomic E-state index is 2.45. The molecule has 54 heavy (non-hydrogen) atoms. The number of anilines is 3. The van der Waals surface area contributed by atoms with E-state index < -0.39 is 0 Å². The lowest BCUT2D eigenvalue weighted by atomic mass is 9.90. The van der Waals surface area contributed by atoms with Crippen LogP contribution in [0.5, 0.6) is 0 Å². The molecule has 0 atom stereocenters. The van der Waals surface area contributed by atoms with Crippen molar-refractivity contribution in [3.63, 3.8) is 0 Å². The molecule has 11 rings (SSSR count). The Bertz CT molecular complexity index is 3210. The van der Waals surface area contributed by atoms with E-state index >= 15 is 0 Å². The first kappa shape index (κ1) is 30.8. The van der Waals surface area contributed by atoms with E-state index in [1.54, 1.807) is 0 Å². The largest absolute Gasteiger partial charge is 0.310 e. The number of hydrogen-bond donors (Lipinski definition) is 0. The lowest BCUT2D eigenvalue weighted by molar-refractivity contribution is 1.31. The normalized spacial score (nSPS) is 11.7. The Balaban J connectivity index is 1.13. The SMILES string of the molecule is c1ccc(-c2ccc(N(c3ccc4c(-c5cc6ccccc6c6ccccc56)cccc4c3)c3cccc4sc5cc6ccccc6cc5c34)cc2)cc1. The summed E-state index contributed by atoms with van der Waals surface area (Å²) in [5, 5.41) is 12.7. The molecule has 11 aromatic rings. The summed E-state index contributed by atoms with van der Waals surface area (Å²) in [7, 11) is 0. The molecule has 0 amide bonds. The van der Waals surface area contributed by atoms with Gasteiger partial charge in [-0.2, -0.15) is 0 Å². The molecule has 0 radical (unpaired) electrons. The molecule has 0 spiro atoms. The van der Waals surface area contributed by atoms with Gasteiger partial charge in [0.2, 0.25) is 0 Å². The Labute approximate surface area is 317 Å². The van der Waals surface area contributed by atoms with Crippen LogP contribution in [0.15, 0.2) is 200 Å². The van der Waals surface area contributed by atoms with Crippen molar-refractivity contribution in [3.8, 4) is 22.3 Å². The van der Waals surface area contributed by atoms with E-state index in [1.165, 1.54) is 91.2 Å². The van der Waals surface area contributed by atoms with E-state index in [9.17, 15) is 0 Å². The highest BCUT2D eigenvalue weighted by Gasteiger charge is 2.20. The molecule has 1 heterocycles. The second-order valence-electron chi connectivity index (χ2n) is 14.1. The summed E-state index contributed by atoms with van der Waals surface area (Å²) < 4.78 is 2.59. The second kappa shape index (κ2) is 12.4. The van der Waals surface area contributed by atoms with Gasteiger partial charge in [0, 0.05) is 31.5 Å². The molecule has 0 aliphatic carbocycles.